The molecule has 0 radical (unpaired) electrons. The van der Waals surface area contributed by atoms with Gasteiger partial charge in [0.1, 0.15) is 13.2 Å². The number of nitrogens with one attached hydrogen (secondary N) is 2. The summed E-state index contributed by atoms with van der Waals surface area (Å²) in [6, 6.07) is 20.6. The van der Waals surface area contributed by atoms with Crippen molar-refractivity contribution in [2.75, 3.05) is 17.9 Å². The second-order valence-corrected chi connectivity index (χ2v) is 9.40. The molecule has 1 aliphatic heterocycles. The van der Waals surface area contributed by atoms with E-state index in [4.69, 9.17) is 9.47 Å². The van der Waals surface area contributed by atoms with Gasteiger partial charge in [-0.3, -0.25) is 9.52 Å². The zero-order chi connectivity index (χ0) is 23.3. The molecular formula is C25H26N2O5S. The van der Waals surface area contributed by atoms with Crippen LogP contribution in [0.3, 0.4) is 0 Å². The lowest BCUT2D eigenvalue weighted by atomic mass is 10.0. The zero-order valence-electron chi connectivity index (χ0n) is 18.3. The number of hydrogen-bond acceptors (Lipinski definition) is 5. The molecule has 1 amide bonds. The van der Waals surface area contributed by atoms with Gasteiger partial charge in [0.15, 0.2) is 11.5 Å². The van der Waals surface area contributed by atoms with Crippen LogP contribution in [0.4, 0.5) is 5.69 Å². The molecule has 7 nitrogen and oxygen atoms in total. The minimum absolute atomic E-state index is 0.0497. The first-order chi connectivity index (χ1) is 16.0. The summed E-state index contributed by atoms with van der Waals surface area (Å²) < 4.78 is 39.3. The number of fused-ring (bicyclic) bond motifs is 1. The van der Waals surface area contributed by atoms with Crippen LogP contribution in [0.25, 0.3) is 0 Å². The van der Waals surface area contributed by atoms with Crippen molar-refractivity contribution in [3.8, 4) is 11.5 Å². The number of sulfonamides is 1. The Kier molecular flexibility index (Phi) is 6.84. The SMILES string of the molecule is CCCC(NC(=O)c1cccc(NS(=O)(=O)c2ccc3c(c2)OCCO3)c1)c1ccccc1. The first-order valence-corrected chi connectivity index (χ1v) is 12.3. The van der Waals surface area contributed by atoms with Gasteiger partial charge in [0.05, 0.1) is 10.9 Å². The highest BCUT2D eigenvalue weighted by Crippen LogP contribution is 2.32. The van der Waals surface area contributed by atoms with Crippen LogP contribution in [-0.4, -0.2) is 27.5 Å². The van der Waals surface area contributed by atoms with Gasteiger partial charge in [0.2, 0.25) is 0 Å². The number of hydrogen-bond donors (Lipinski definition) is 2. The molecular weight excluding hydrogens is 440 g/mol. The van der Waals surface area contributed by atoms with E-state index in [9.17, 15) is 13.2 Å². The van der Waals surface area contributed by atoms with Gasteiger partial charge in [-0.1, -0.05) is 49.7 Å². The van der Waals surface area contributed by atoms with E-state index < -0.39 is 10.0 Å². The Labute approximate surface area is 193 Å². The van der Waals surface area contributed by atoms with Crippen molar-refractivity contribution in [3.05, 3.63) is 83.9 Å². The van der Waals surface area contributed by atoms with Gasteiger partial charge >= 0.3 is 0 Å². The number of carbonyl (C=O) groups excluding carboxylic acids is 1. The average molecular weight is 467 g/mol. The van der Waals surface area contributed by atoms with E-state index in [1.165, 1.54) is 18.2 Å². The van der Waals surface area contributed by atoms with Gasteiger partial charge in [0.25, 0.3) is 15.9 Å². The molecule has 0 saturated heterocycles. The molecule has 2 N–H and O–H groups in total. The number of anilines is 1. The van der Waals surface area contributed by atoms with Gasteiger partial charge in [-0.15, -0.1) is 0 Å². The van der Waals surface area contributed by atoms with E-state index in [1.807, 2.05) is 30.3 Å². The Hall–Kier alpha value is -3.52. The summed E-state index contributed by atoms with van der Waals surface area (Å²) in [5, 5.41) is 3.06. The topological polar surface area (TPSA) is 93.7 Å². The smallest absolute Gasteiger partial charge is 0.262 e. The molecule has 0 aromatic heterocycles. The third-order valence-electron chi connectivity index (χ3n) is 5.29. The maximum Gasteiger partial charge on any atom is 0.262 e. The van der Waals surface area contributed by atoms with E-state index >= 15 is 0 Å². The lowest BCUT2D eigenvalue weighted by Gasteiger charge is -2.19. The molecule has 4 rings (SSSR count). The molecule has 33 heavy (non-hydrogen) atoms. The fourth-order valence-corrected chi connectivity index (χ4v) is 4.73. The fraction of sp³-hybridized carbons (Fsp3) is 0.240. The predicted octanol–water partition coefficient (Wildman–Crippen LogP) is 4.53. The summed E-state index contributed by atoms with van der Waals surface area (Å²) in [4.78, 5) is 13.0. The van der Waals surface area contributed by atoms with Crippen LogP contribution >= 0.6 is 0 Å². The largest absolute Gasteiger partial charge is 0.486 e. The van der Waals surface area contributed by atoms with Crippen LogP contribution in [0.1, 0.15) is 41.7 Å². The zero-order valence-corrected chi connectivity index (χ0v) is 19.1. The minimum Gasteiger partial charge on any atom is -0.486 e. The van der Waals surface area contributed by atoms with Crippen molar-refractivity contribution >= 4 is 21.6 Å². The molecule has 3 aromatic carbocycles. The van der Waals surface area contributed by atoms with Crippen molar-refractivity contribution in [3.63, 3.8) is 0 Å². The standard InChI is InChI=1S/C25H26N2O5S/c1-2-7-22(18-8-4-3-5-9-18)26-25(28)19-10-6-11-20(16-19)27-33(29,30)21-12-13-23-24(17-21)32-15-14-31-23/h3-6,8-13,16-17,22,27H,2,7,14-15H2,1H3,(H,26,28). The van der Waals surface area contributed by atoms with E-state index in [2.05, 4.69) is 17.0 Å². The van der Waals surface area contributed by atoms with Crippen LogP contribution in [0.5, 0.6) is 11.5 Å². The van der Waals surface area contributed by atoms with Crippen LogP contribution in [0, 0.1) is 0 Å². The van der Waals surface area contributed by atoms with Gasteiger partial charge in [-0.25, -0.2) is 8.42 Å². The van der Waals surface area contributed by atoms with Crippen molar-refractivity contribution in [1.82, 2.24) is 5.32 Å². The maximum absolute atomic E-state index is 12.9. The maximum atomic E-state index is 12.9. The Bertz CT molecular complexity index is 1230. The third kappa shape index (κ3) is 5.46. The Morgan fingerprint density at radius 1 is 0.939 bits per heavy atom. The second-order valence-electron chi connectivity index (χ2n) is 7.72. The first kappa shape index (κ1) is 22.7. The lowest BCUT2D eigenvalue weighted by molar-refractivity contribution is 0.0934. The quantitative estimate of drug-likeness (QED) is 0.509. The van der Waals surface area contributed by atoms with E-state index in [0.29, 0.717) is 36.0 Å². The number of rotatable bonds is 8. The summed E-state index contributed by atoms with van der Waals surface area (Å²) in [6.45, 7) is 2.86. The summed E-state index contributed by atoms with van der Waals surface area (Å²) in [5.74, 6) is 0.636. The first-order valence-electron chi connectivity index (χ1n) is 10.8. The van der Waals surface area contributed by atoms with Crippen LogP contribution in [0.15, 0.2) is 77.7 Å². The summed E-state index contributed by atoms with van der Waals surface area (Å²) in [5.41, 5.74) is 1.70. The molecule has 0 spiro atoms. The molecule has 1 atom stereocenters. The van der Waals surface area contributed by atoms with Gasteiger partial charge in [-0.2, -0.15) is 0 Å². The number of ether oxygens (including phenoxy) is 2. The van der Waals surface area contributed by atoms with Gasteiger partial charge in [0, 0.05) is 17.3 Å². The predicted molar refractivity (Wildman–Crippen MR) is 126 cm³/mol. The molecule has 8 heteroatoms. The minimum atomic E-state index is -3.88. The Morgan fingerprint density at radius 2 is 1.70 bits per heavy atom. The second kappa shape index (κ2) is 9.95. The molecule has 172 valence electrons. The van der Waals surface area contributed by atoms with Crippen molar-refractivity contribution in [2.24, 2.45) is 0 Å². The normalized spacial score (nSPS) is 13.7. The molecule has 0 bridgehead atoms. The fourth-order valence-electron chi connectivity index (χ4n) is 3.67. The van der Waals surface area contributed by atoms with Crippen LogP contribution in [0.2, 0.25) is 0 Å². The summed E-state index contributed by atoms with van der Waals surface area (Å²) >= 11 is 0. The number of benzene rings is 3. The number of carbonyl (C=O) groups is 1. The van der Waals surface area contributed by atoms with Crippen LogP contribution < -0.4 is 19.5 Å². The molecule has 3 aromatic rings. The van der Waals surface area contributed by atoms with E-state index in [1.54, 1.807) is 24.3 Å². The van der Waals surface area contributed by atoms with E-state index in [-0.39, 0.29) is 16.8 Å². The third-order valence-corrected chi connectivity index (χ3v) is 6.66. The Morgan fingerprint density at radius 3 is 2.45 bits per heavy atom. The highest BCUT2D eigenvalue weighted by atomic mass is 32.2. The highest BCUT2D eigenvalue weighted by Gasteiger charge is 2.20. The van der Waals surface area contributed by atoms with Crippen LogP contribution in [-0.2, 0) is 10.0 Å². The summed E-state index contributed by atoms with van der Waals surface area (Å²) in [7, 11) is -3.88. The molecule has 1 heterocycles. The van der Waals surface area contributed by atoms with Crippen molar-refractivity contribution in [1.29, 1.82) is 0 Å². The molecule has 1 aliphatic rings. The molecule has 1 unspecified atom stereocenters. The highest BCUT2D eigenvalue weighted by molar-refractivity contribution is 7.92. The van der Waals surface area contributed by atoms with Gasteiger partial charge in [-0.05, 0) is 42.3 Å². The summed E-state index contributed by atoms with van der Waals surface area (Å²) in [6.07, 6.45) is 1.71. The lowest BCUT2D eigenvalue weighted by Crippen LogP contribution is -2.28. The van der Waals surface area contributed by atoms with E-state index in [0.717, 1.165) is 18.4 Å². The molecule has 0 saturated carbocycles. The Balaban J connectivity index is 1.51. The van der Waals surface area contributed by atoms with Crippen molar-refractivity contribution < 1.29 is 22.7 Å². The average Bonchev–Trinajstić information content (AvgIpc) is 2.84. The van der Waals surface area contributed by atoms with Gasteiger partial charge < -0.3 is 14.8 Å². The monoisotopic (exact) mass is 466 g/mol. The molecule has 0 aliphatic carbocycles. The number of amides is 1. The van der Waals surface area contributed by atoms with Crippen molar-refractivity contribution in [2.45, 2.75) is 30.7 Å². The molecule has 0 fully saturated rings.